The summed E-state index contributed by atoms with van der Waals surface area (Å²) >= 11 is 0. The molecule has 196 valence electrons. The number of hydrogen-bond acceptors (Lipinski definition) is 6. The number of hydrogen-bond donors (Lipinski definition) is 1. The van der Waals surface area contributed by atoms with Gasteiger partial charge in [0.15, 0.2) is 8.32 Å². The Kier molecular flexibility index (Phi) is 12.8. The summed E-state index contributed by atoms with van der Waals surface area (Å²) in [7, 11) is -0.236. The Morgan fingerprint density at radius 3 is 2.26 bits per heavy atom. The molecule has 1 aromatic rings. The van der Waals surface area contributed by atoms with Crippen molar-refractivity contribution >= 4 is 14.3 Å². The Morgan fingerprint density at radius 2 is 1.74 bits per heavy atom. The maximum absolute atomic E-state index is 12.0. The summed E-state index contributed by atoms with van der Waals surface area (Å²) in [6, 6.07) is 7.80. The van der Waals surface area contributed by atoms with E-state index >= 15 is 0 Å². The smallest absolute Gasteiger partial charge is 0.305 e. The molecule has 0 saturated carbocycles. The van der Waals surface area contributed by atoms with Crippen LogP contribution in [0.15, 0.2) is 24.3 Å². The number of aliphatic hydroxyl groups excluding tert-OH is 1. The molecule has 1 aromatic carbocycles. The molecule has 0 spiro atoms. The maximum Gasteiger partial charge on any atom is 0.305 e. The third kappa shape index (κ3) is 10.5. The molecule has 0 radical (unpaired) electrons. The molecule has 0 aromatic heterocycles. The van der Waals surface area contributed by atoms with Crippen molar-refractivity contribution in [2.45, 2.75) is 97.8 Å². The minimum absolute atomic E-state index is 0.120. The highest BCUT2D eigenvalue weighted by Gasteiger charge is 2.37. The second kappa shape index (κ2) is 14.2. The van der Waals surface area contributed by atoms with E-state index in [2.05, 4.69) is 40.8 Å². The molecular formula is C27H48O6Si. The second-order valence-corrected chi connectivity index (χ2v) is 15.7. The van der Waals surface area contributed by atoms with Crippen LogP contribution in [-0.4, -0.2) is 51.9 Å². The van der Waals surface area contributed by atoms with Crippen molar-refractivity contribution in [3.63, 3.8) is 0 Å². The summed E-state index contributed by atoms with van der Waals surface area (Å²) in [5.74, 6) is 0.554. The highest BCUT2D eigenvalue weighted by Crippen LogP contribution is 2.36. The van der Waals surface area contributed by atoms with Crippen molar-refractivity contribution in [1.82, 2.24) is 0 Å². The molecule has 0 saturated heterocycles. The van der Waals surface area contributed by atoms with Gasteiger partial charge in [0, 0.05) is 32.0 Å². The minimum Gasteiger partial charge on any atom is -0.497 e. The molecule has 1 rings (SSSR count). The van der Waals surface area contributed by atoms with Crippen LogP contribution in [0.1, 0.15) is 66.4 Å². The Morgan fingerprint density at radius 1 is 1.12 bits per heavy atom. The van der Waals surface area contributed by atoms with E-state index in [1.165, 1.54) is 0 Å². The first-order valence-corrected chi connectivity index (χ1v) is 15.4. The number of rotatable bonds is 15. The van der Waals surface area contributed by atoms with Crippen molar-refractivity contribution in [3.8, 4) is 5.75 Å². The molecule has 0 fully saturated rings. The van der Waals surface area contributed by atoms with Crippen LogP contribution in [0.2, 0.25) is 18.1 Å². The Bertz CT molecular complexity index is 713. The first-order chi connectivity index (χ1) is 15.8. The Hall–Kier alpha value is -1.41. The number of esters is 1. The summed E-state index contributed by atoms with van der Waals surface area (Å²) in [4.78, 5) is 12.0. The van der Waals surface area contributed by atoms with Crippen LogP contribution in [-0.2, 0) is 25.3 Å². The van der Waals surface area contributed by atoms with Gasteiger partial charge in [-0.15, -0.1) is 0 Å². The van der Waals surface area contributed by atoms with Crippen LogP contribution >= 0.6 is 0 Å². The normalized spacial score (nSPS) is 15.9. The topological polar surface area (TPSA) is 74.2 Å². The van der Waals surface area contributed by atoms with E-state index in [1.54, 1.807) is 14.0 Å². The third-order valence-electron chi connectivity index (χ3n) is 6.91. The molecule has 0 aliphatic heterocycles. The number of methoxy groups -OCH3 is 1. The number of aliphatic hydroxyl groups is 1. The maximum atomic E-state index is 12.0. The molecule has 0 heterocycles. The molecule has 4 atom stereocenters. The molecule has 0 aliphatic carbocycles. The standard InChI is InChI=1S/C27H48O6Si/c1-10-26(29)33-25(15-16-32-34(8,9)27(4,5)6)21(3)24(28)17-20(2)18-31-19-22-11-13-23(30-7)14-12-22/h11-14,20-21,24-25,28H,10,15-19H2,1-9H3/t20-,21-,24-,25-/m1/s1. The Balaban J connectivity index is 2.58. The third-order valence-corrected chi connectivity index (χ3v) is 11.4. The first kappa shape index (κ1) is 30.6. The predicted octanol–water partition coefficient (Wildman–Crippen LogP) is 5.97. The van der Waals surface area contributed by atoms with Crippen molar-refractivity contribution in [1.29, 1.82) is 0 Å². The van der Waals surface area contributed by atoms with Crippen LogP contribution in [0.3, 0.4) is 0 Å². The van der Waals surface area contributed by atoms with Gasteiger partial charge in [-0.1, -0.05) is 53.7 Å². The van der Waals surface area contributed by atoms with Crippen molar-refractivity contribution < 1.29 is 28.5 Å². The SMILES string of the molecule is CCC(=O)O[C@H](CCO[Si](C)(C)C(C)(C)C)[C@H](C)[C@H](O)C[C@@H](C)COCc1ccc(OC)cc1. The largest absolute Gasteiger partial charge is 0.497 e. The lowest BCUT2D eigenvalue weighted by Crippen LogP contribution is -2.42. The van der Waals surface area contributed by atoms with Crippen LogP contribution in [0, 0.1) is 11.8 Å². The molecule has 0 unspecified atom stereocenters. The molecule has 1 N–H and O–H groups in total. The monoisotopic (exact) mass is 496 g/mol. The predicted molar refractivity (Wildman–Crippen MR) is 140 cm³/mol. The lowest BCUT2D eigenvalue weighted by molar-refractivity contribution is -0.154. The number of carbonyl (C=O) groups is 1. The fourth-order valence-electron chi connectivity index (χ4n) is 3.37. The lowest BCUT2D eigenvalue weighted by Gasteiger charge is -2.37. The van der Waals surface area contributed by atoms with Gasteiger partial charge in [0.2, 0.25) is 0 Å². The van der Waals surface area contributed by atoms with Crippen LogP contribution in [0.5, 0.6) is 5.75 Å². The Labute approximate surface area is 208 Å². The summed E-state index contributed by atoms with van der Waals surface area (Å²) in [5, 5.41) is 11.0. The highest BCUT2D eigenvalue weighted by atomic mass is 28.4. The van der Waals surface area contributed by atoms with Crippen LogP contribution in [0.4, 0.5) is 0 Å². The molecule has 0 aliphatic rings. The van der Waals surface area contributed by atoms with E-state index in [-0.39, 0.29) is 28.9 Å². The average Bonchev–Trinajstić information content (AvgIpc) is 2.77. The molecule has 6 nitrogen and oxygen atoms in total. The van der Waals surface area contributed by atoms with Gasteiger partial charge in [-0.25, -0.2) is 0 Å². The molecule has 0 bridgehead atoms. The van der Waals surface area contributed by atoms with Crippen molar-refractivity contribution in [3.05, 3.63) is 29.8 Å². The number of benzene rings is 1. The zero-order valence-corrected chi connectivity index (χ0v) is 23.8. The van der Waals surface area contributed by atoms with Crippen LogP contribution < -0.4 is 4.74 Å². The van der Waals surface area contributed by atoms with Gasteiger partial charge in [-0.05, 0) is 48.2 Å². The minimum atomic E-state index is -1.88. The molecular weight excluding hydrogens is 448 g/mol. The van der Waals surface area contributed by atoms with E-state index in [9.17, 15) is 9.90 Å². The highest BCUT2D eigenvalue weighted by molar-refractivity contribution is 6.74. The van der Waals surface area contributed by atoms with E-state index in [0.717, 1.165) is 11.3 Å². The first-order valence-electron chi connectivity index (χ1n) is 12.5. The fourth-order valence-corrected chi connectivity index (χ4v) is 4.43. The fraction of sp³-hybridized carbons (Fsp3) is 0.741. The molecule has 0 amide bonds. The zero-order valence-electron chi connectivity index (χ0n) is 22.8. The number of carbonyl (C=O) groups excluding carboxylic acids is 1. The van der Waals surface area contributed by atoms with Gasteiger partial charge in [0.1, 0.15) is 11.9 Å². The summed E-state index contributed by atoms with van der Waals surface area (Å²) in [5.41, 5.74) is 1.08. The van der Waals surface area contributed by atoms with E-state index in [4.69, 9.17) is 18.6 Å². The van der Waals surface area contributed by atoms with Crippen LogP contribution in [0.25, 0.3) is 0 Å². The summed E-state index contributed by atoms with van der Waals surface area (Å²) in [6.45, 7) is 18.4. The summed E-state index contributed by atoms with van der Waals surface area (Å²) < 4.78 is 23.1. The van der Waals surface area contributed by atoms with E-state index < -0.39 is 14.4 Å². The zero-order chi connectivity index (χ0) is 25.9. The van der Waals surface area contributed by atoms with Gasteiger partial charge in [0.05, 0.1) is 19.8 Å². The van der Waals surface area contributed by atoms with E-state index in [1.807, 2.05) is 31.2 Å². The van der Waals surface area contributed by atoms with Crippen molar-refractivity contribution in [2.75, 3.05) is 20.3 Å². The summed E-state index contributed by atoms with van der Waals surface area (Å²) in [6.07, 6.45) is 0.505. The van der Waals surface area contributed by atoms with E-state index in [0.29, 0.717) is 39.1 Å². The van der Waals surface area contributed by atoms with Gasteiger partial charge < -0.3 is 23.7 Å². The van der Waals surface area contributed by atoms with Crippen molar-refractivity contribution in [2.24, 2.45) is 11.8 Å². The van der Waals surface area contributed by atoms with Gasteiger partial charge in [-0.3, -0.25) is 4.79 Å². The number of ether oxygens (including phenoxy) is 3. The quantitative estimate of drug-likeness (QED) is 0.238. The molecule has 34 heavy (non-hydrogen) atoms. The average molecular weight is 497 g/mol. The van der Waals surface area contributed by atoms with Gasteiger partial charge in [0.25, 0.3) is 0 Å². The lowest BCUT2D eigenvalue weighted by atomic mass is 9.90. The van der Waals surface area contributed by atoms with Gasteiger partial charge in [-0.2, -0.15) is 0 Å². The molecule has 7 heteroatoms. The van der Waals surface area contributed by atoms with Gasteiger partial charge >= 0.3 is 5.97 Å². The second-order valence-electron chi connectivity index (χ2n) is 10.9.